The molecule has 3 heterocycles. The molecule has 6 heteroatoms. The van der Waals surface area contributed by atoms with Gasteiger partial charge in [-0.2, -0.15) is 5.10 Å². The molecule has 1 amide bonds. The number of pyridine rings is 1. The van der Waals surface area contributed by atoms with E-state index in [1.807, 2.05) is 36.9 Å². The predicted octanol–water partition coefficient (Wildman–Crippen LogP) is 2.20. The lowest BCUT2D eigenvalue weighted by atomic mass is 9.94. The smallest absolute Gasteiger partial charge is 0.254 e. The number of nitrogens with one attached hydrogen (secondary N) is 1. The molecule has 1 aliphatic rings. The molecule has 0 aliphatic carbocycles. The van der Waals surface area contributed by atoms with Crippen LogP contribution in [0.2, 0.25) is 0 Å². The topological polar surface area (TPSA) is 65.1 Å². The number of anilines is 1. The Morgan fingerprint density at radius 1 is 1.39 bits per heavy atom. The number of hydrogen-bond acceptors (Lipinski definition) is 4. The highest BCUT2D eigenvalue weighted by molar-refractivity contribution is 5.95. The zero-order valence-corrected chi connectivity index (χ0v) is 13.9. The molecule has 1 saturated heterocycles. The Morgan fingerprint density at radius 2 is 2.22 bits per heavy atom. The van der Waals surface area contributed by atoms with Gasteiger partial charge in [0.1, 0.15) is 5.82 Å². The number of aromatic amines is 1. The zero-order valence-electron chi connectivity index (χ0n) is 13.9. The van der Waals surface area contributed by atoms with E-state index in [1.54, 1.807) is 12.3 Å². The lowest BCUT2D eigenvalue weighted by Gasteiger charge is -2.32. The number of piperidine rings is 1. The maximum Gasteiger partial charge on any atom is 0.254 e. The summed E-state index contributed by atoms with van der Waals surface area (Å²) in [6.45, 7) is 3.53. The first-order valence-corrected chi connectivity index (χ1v) is 7.99. The summed E-state index contributed by atoms with van der Waals surface area (Å²) in [4.78, 5) is 20.9. The van der Waals surface area contributed by atoms with Crippen molar-refractivity contribution < 1.29 is 4.79 Å². The third kappa shape index (κ3) is 3.36. The quantitative estimate of drug-likeness (QED) is 0.943. The molecule has 122 valence electrons. The van der Waals surface area contributed by atoms with Crippen molar-refractivity contribution >= 4 is 11.7 Å². The van der Waals surface area contributed by atoms with Crippen molar-refractivity contribution in [1.29, 1.82) is 0 Å². The van der Waals surface area contributed by atoms with Crippen LogP contribution in [-0.4, -0.2) is 53.2 Å². The molecular formula is C17H23N5O. The molecule has 0 bridgehead atoms. The van der Waals surface area contributed by atoms with E-state index < -0.39 is 0 Å². The molecule has 23 heavy (non-hydrogen) atoms. The number of carbonyl (C=O) groups excluding carboxylic acids is 1. The first-order chi connectivity index (χ1) is 11.0. The van der Waals surface area contributed by atoms with Crippen LogP contribution < -0.4 is 4.90 Å². The van der Waals surface area contributed by atoms with Gasteiger partial charge in [0.25, 0.3) is 5.91 Å². The molecule has 1 atom stereocenters. The van der Waals surface area contributed by atoms with E-state index in [-0.39, 0.29) is 5.91 Å². The number of likely N-dealkylation sites (tertiary alicyclic amines) is 1. The van der Waals surface area contributed by atoms with E-state index in [0.29, 0.717) is 11.5 Å². The van der Waals surface area contributed by atoms with Crippen LogP contribution in [0, 0.1) is 6.92 Å². The molecule has 3 rings (SSSR count). The molecular weight excluding hydrogens is 290 g/mol. The summed E-state index contributed by atoms with van der Waals surface area (Å²) in [5.74, 6) is 1.19. The third-order valence-electron chi connectivity index (χ3n) is 4.30. The molecule has 1 fully saturated rings. The summed E-state index contributed by atoms with van der Waals surface area (Å²) < 4.78 is 0. The molecule has 0 spiro atoms. The highest BCUT2D eigenvalue weighted by Gasteiger charge is 2.27. The van der Waals surface area contributed by atoms with Gasteiger partial charge in [0.2, 0.25) is 0 Å². The van der Waals surface area contributed by atoms with Gasteiger partial charge in [-0.1, -0.05) is 0 Å². The Morgan fingerprint density at radius 3 is 2.91 bits per heavy atom. The normalized spacial score (nSPS) is 18.0. The van der Waals surface area contributed by atoms with E-state index in [4.69, 9.17) is 0 Å². The fourth-order valence-electron chi connectivity index (χ4n) is 3.03. The largest absolute Gasteiger partial charge is 0.363 e. The molecule has 2 aromatic rings. The number of rotatable bonds is 3. The van der Waals surface area contributed by atoms with Crippen LogP contribution in [0.3, 0.4) is 0 Å². The lowest BCUT2D eigenvalue weighted by molar-refractivity contribution is 0.0706. The fraction of sp³-hybridized carbons (Fsp3) is 0.471. The molecule has 6 nitrogen and oxygen atoms in total. The first kappa shape index (κ1) is 15.5. The summed E-state index contributed by atoms with van der Waals surface area (Å²) >= 11 is 0. The SMILES string of the molecule is Cc1cc([C@H]2CCCN(C(=O)c3ccnc(N(C)C)c3)C2)n[nH]1. The van der Waals surface area contributed by atoms with Gasteiger partial charge in [-0.3, -0.25) is 9.89 Å². The number of aromatic nitrogens is 3. The van der Waals surface area contributed by atoms with Crippen LogP contribution >= 0.6 is 0 Å². The lowest BCUT2D eigenvalue weighted by Crippen LogP contribution is -2.39. The van der Waals surface area contributed by atoms with E-state index in [0.717, 1.165) is 43.1 Å². The van der Waals surface area contributed by atoms with Crippen molar-refractivity contribution in [2.45, 2.75) is 25.7 Å². The van der Waals surface area contributed by atoms with Gasteiger partial charge < -0.3 is 9.80 Å². The van der Waals surface area contributed by atoms with Gasteiger partial charge in [-0.25, -0.2) is 4.98 Å². The highest BCUT2D eigenvalue weighted by atomic mass is 16.2. The minimum absolute atomic E-state index is 0.0763. The van der Waals surface area contributed by atoms with Crippen LogP contribution in [0.15, 0.2) is 24.4 Å². The average Bonchev–Trinajstić information content (AvgIpc) is 3.01. The summed E-state index contributed by atoms with van der Waals surface area (Å²) in [6.07, 6.45) is 3.78. The Kier molecular flexibility index (Phi) is 4.32. The fourth-order valence-corrected chi connectivity index (χ4v) is 3.03. The molecule has 0 radical (unpaired) electrons. The molecule has 0 aromatic carbocycles. The monoisotopic (exact) mass is 313 g/mol. The summed E-state index contributed by atoms with van der Waals surface area (Å²) in [5.41, 5.74) is 2.82. The van der Waals surface area contributed by atoms with Crippen LogP contribution in [0.25, 0.3) is 0 Å². The number of nitrogens with zero attached hydrogens (tertiary/aromatic N) is 4. The Bertz CT molecular complexity index is 694. The van der Waals surface area contributed by atoms with E-state index >= 15 is 0 Å². The maximum atomic E-state index is 12.8. The second-order valence-electron chi connectivity index (χ2n) is 6.36. The maximum absolute atomic E-state index is 12.8. The standard InChI is InChI=1S/C17H23N5O/c1-12-9-15(20-19-12)14-5-4-8-22(11-14)17(23)13-6-7-18-16(10-13)21(2)3/h6-7,9-10,14H,4-5,8,11H2,1-3H3,(H,19,20)/t14-/m0/s1. The van der Waals surface area contributed by atoms with Crippen molar-refractivity contribution in [3.8, 4) is 0 Å². The van der Waals surface area contributed by atoms with Gasteiger partial charge in [0.15, 0.2) is 0 Å². The van der Waals surface area contributed by atoms with Gasteiger partial charge in [0, 0.05) is 50.6 Å². The molecule has 0 unspecified atom stereocenters. The summed E-state index contributed by atoms with van der Waals surface area (Å²) in [7, 11) is 3.85. The second-order valence-corrected chi connectivity index (χ2v) is 6.36. The summed E-state index contributed by atoms with van der Waals surface area (Å²) in [6, 6.07) is 5.72. The Hall–Kier alpha value is -2.37. The Balaban J connectivity index is 1.75. The van der Waals surface area contributed by atoms with Crippen molar-refractivity contribution in [2.75, 3.05) is 32.1 Å². The van der Waals surface area contributed by atoms with Crippen LogP contribution in [0.5, 0.6) is 0 Å². The zero-order chi connectivity index (χ0) is 16.4. The predicted molar refractivity (Wildman–Crippen MR) is 89.8 cm³/mol. The van der Waals surface area contributed by atoms with Gasteiger partial charge in [0.05, 0.1) is 5.69 Å². The number of aryl methyl sites for hydroxylation is 1. The highest BCUT2D eigenvalue weighted by Crippen LogP contribution is 2.27. The van der Waals surface area contributed by atoms with Crippen LogP contribution in [-0.2, 0) is 0 Å². The molecule has 1 N–H and O–H groups in total. The van der Waals surface area contributed by atoms with E-state index in [2.05, 4.69) is 21.2 Å². The van der Waals surface area contributed by atoms with Crippen LogP contribution in [0.4, 0.5) is 5.82 Å². The van der Waals surface area contributed by atoms with Gasteiger partial charge in [-0.15, -0.1) is 0 Å². The molecule has 1 aliphatic heterocycles. The molecule has 2 aromatic heterocycles. The van der Waals surface area contributed by atoms with Crippen LogP contribution in [0.1, 0.15) is 40.5 Å². The van der Waals surface area contributed by atoms with E-state index in [1.165, 1.54) is 0 Å². The van der Waals surface area contributed by atoms with Gasteiger partial charge in [-0.05, 0) is 38.0 Å². The minimum Gasteiger partial charge on any atom is -0.363 e. The second kappa shape index (κ2) is 6.40. The van der Waals surface area contributed by atoms with Crippen molar-refractivity contribution in [3.05, 3.63) is 41.3 Å². The van der Waals surface area contributed by atoms with E-state index in [9.17, 15) is 4.79 Å². The van der Waals surface area contributed by atoms with Crippen molar-refractivity contribution in [1.82, 2.24) is 20.1 Å². The van der Waals surface area contributed by atoms with Crippen molar-refractivity contribution in [2.24, 2.45) is 0 Å². The van der Waals surface area contributed by atoms with Gasteiger partial charge >= 0.3 is 0 Å². The number of amides is 1. The Labute approximate surface area is 136 Å². The minimum atomic E-state index is 0.0763. The number of carbonyl (C=O) groups is 1. The average molecular weight is 313 g/mol. The summed E-state index contributed by atoms with van der Waals surface area (Å²) in [5, 5.41) is 7.36. The third-order valence-corrected chi connectivity index (χ3v) is 4.30. The van der Waals surface area contributed by atoms with Crippen molar-refractivity contribution in [3.63, 3.8) is 0 Å². The first-order valence-electron chi connectivity index (χ1n) is 7.99. The number of H-pyrrole nitrogens is 1. The molecule has 0 saturated carbocycles. The number of hydrogen-bond donors (Lipinski definition) is 1.